The van der Waals surface area contributed by atoms with Crippen LogP contribution in [0.5, 0.6) is 0 Å². The molecule has 1 aliphatic rings. The molecule has 1 N–H and O–H groups in total. The molecule has 1 aliphatic heterocycles. The zero-order valence-corrected chi connectivity index (χ0v) is 17.5. The van der Waals surface area contributed by atoms with E-state index in [-0.39, 0.29) is 23.9 Å². The first-order valence-electron chi connectivity index (χ1n) is 9.87. The molecule has 2 aromatic rings. The van der Waals surface area contributed by atoms with E-state index in [0.29, 0.717) is 18.0 Å². The molecule has 2 aromatic carbocycles. The largest absolute Gasteiger partial charge is 0.356 e. The summed E-state index contributed by atoms with van der Waals surface area (Å²) in [6, 6.07) is 14.3. The second-order valence-electron chi connectivity index (χ2n) is 7.88. The van der Waals surface area contributed by atoms with Crippen LogP contribution in [-0.2, 0) is 14.8 Å². The first-order chi connectivity index (χ1) is 13.8. The van der Waals surface area contributed by atoms with Gasteiger partial charge < -0.3 is 5.32 Å². The van der Waals surface area contributed by atoms with Gasteiger partial charge in [-0.3, -0.25) is 4.79 Å². The van der Waals surface area contributed by atoms with Gasteiger partial charge in [0.05, 0.1) is 10.8 Å². The van der Waals surface area contributed by atoms with E-state index >= 15 is 0 Å². The zero-order chi connectivity index (χ0) is 21.0. The zero-order valence-electron chi connectivity index (χ0n) is 16.7. The van der Waals surface area contributed by atoms with Crippen LogP contribution in [0.25, 0.3) is 0 Å². The second-order valence-corrected chi connectivity index (χ2v) is 9.81. The molecule has 0 radical (unpaired) electrons. The molecule has 0 unspecified atom stereocenters. The van der Waals surface area contributed by atoms with E-state index < -0.39 is 27.7 Å². The summed E-state index contributed by atoms with van der Waals surface area (Å²) < 4.78 is 41.3. The minimum Gasteiger partial charge on any atom is -0.356 e. The van der Waals surface area contributed by atoms with Gasteiger partial charge >= 0.3 is 0 Å². The number of halogens is 1. The molecule has 7 heteroatoms. The van der Waals surface area contributed by atoms with Crippen LogP contribution in [0.4, 0.5) is 4.39 Å². The fourth-order valence-corrected chi connectivity index (χ4v) is 5.17. The molecule has 3 rings (SSSR count). The Morgan fingerprint density at radius 3 is 2.52 bits per heavy atom. The summed E-state index contributed by atoms with van der Waals surface area (Å²) in [7, 11) is -3.73. The molecular formula is C22H27FN2O3S. The quantitative estimate of drug-likeness (QED) is 0.750. The van der Waals surface area contributed by atoms with E-state index in [1.807, 2.05) is 0 Å². The Hall–Kier alpha value is -2.25. The van der Waals surface area contributed by atoms with E-state index in [0.717, 1.165) is 6.42 Å². The molecule has 5 nitrogen and oxygen atoms in total. The highest BCUT2D eigenvalue weighted by Crippen LogP contribution is 2.36. The predicted molar refractivity (Wildman–Crippen MR) is 110 cm³/mol. The van der Waals surface area contributed by atoms with Gasteiger partial charge in [-0.2, -0.15) is 4.31 Å². The highest BCUT2D eigenvalue weighted by atomic mass is 32.2. The van der Waals surface area contributed by atoms with Crippen LogP contribution in [0.1, 0.15) is 31.7 Å². The molecule has 2 atom stereocenters. The van der Waals surface area contributed by atoms with Gasteiger partial charge in [0.15, 0.2) is 0 Å². The van der Waals surface area contributed by atoms with Crippen molar-refractivity contribution in [1.82, 2.24) is 9.62 Å². The molecule has 29 heavy (non-hydrogen) atoms. The number of amides is 1. The molecule has 156 valence electrons. The summed E-state index contributed by atoms with van der Waals surface area (Å²) in [4.78, 5) is 13.1. The fourth-order valence-electron chi connectivity index (χ4n) is 3.66. The summed E-state index contributed by atoms with van der Waals surface area (Å²) in [6.07, 6.45) is 0.842. The molecule has 0 saturated carbocycles. The molecule has 0 spiro atoms. The van der Waals surface area contributed by atoms with Crippen molar-refractivity contribution in [1.29, 1.82) is 0 Å². The van der Waals surface area contributed by atoms with Gasteiger partial charge in [-0.25, -0.2) is 12.8 Å². The van der Waals surface area contributed by atoms with Gasteiger partial charge in [-0.05, 0) is 42.2 Å². The number of benzene rings is 2. The van der Waals surface area contributed by atoms with Crippen LogP contribution in [-0.4, -0.2) is 38.3 Å². The van der Waals surface area contributed by atoms with Crippen molar-refractivity contribution in [3.05, 3.63) is 66.0 Å². The van der Waals surface area contributed by atoms with E-state index in [4.69, 9.17) is 0 Å². The Labute approximate surface area is 172 Å². The molecule has 1 saturated heterocycles. The third kappa shape index (κ3) is 5.03. The maximum atomic E-state index is 13.8. The van der Waals surface area contributed by atoms with E-state index in [2.05, 4.69) is 19.2 Å². The number of hydrogen-bond acceptors (Lipinski definition) is 3. The SMILES string of the molecule is CC(C)CCNC(=O)[C@@H]1CN(S(=O)(=O)c2ccccc2)C[C@@H]1c1cccc(F)c1. The summed E-state index contributed by atoms with van der Waals surface area (Å²) in [5.74, 6) is -1.10. The second kappa shape index (κ2) is 9.05. The summed E-state index contributed by atoms with van der Waals surface area (Å²) in [6.45, 7) is 4.90. The van der Waals surface area contributed by atoms with Gasteiger partial charge in [0.2, 0.25) is 15.9 Å². The van der Waals surface area contributed by atoms with Crippen LogP contribution in [0, 0.1) is 17.7 Å². The number of sulfonamides is 1. The van der Waals surface area contributed by atoms with Gasteiger partial charge in [-0.1, -0.05) is 44.2 Å². The number of hydrogen-bond donors (Lipinski definition) is 1. The van der Waals surface area contributed by atoms with Crippen LogP contribution >= 0.6 is 0 Å². The maximum Gasteiger partial charge on any atom is 0.243 e. The van der Waals surface area contributed by atoms with E-state index in [1.54, 1.807) is 42.5 Å². The molecule has 1 heterocycles. The summed E-state index contributed by atoms with van der Waals surface area (Å²) in [5, 5.41) is 2.93. The van der Waals surface area contributed by atoms with E-state index in [1.165, 1.54) is 16.4 Å². The van der Waals surface area contributed by atoms with Crippen molar-refractivity contribution in [3.63, 3.8) is 0 Å². The lowest BCUT2D eigenvalue weighted by molar-refractivity contribution is -0.124. The molecule has 0 aromatic heterocycles. The normalized spacial score (nSPS) is 20.1. The average Bonchev–Trinajstić information content (AvgIpc) is 3.15. The van der Waals surface area contributed by atoms with Crippen molar-refractivity contribution in [3.8, 4) is 0 Å². The Morgan fingerprint density at radius 2 is 1.86 bits per heavy atom. The third-order valence-corrected chi connectivity index (χ3v) is 7.15. The summed E-state index contributed by atoms with van der Waals surface area (Å²) >= 11 is 0. The summed E-state index contributed by atoms with van der Waals surface area (Å²) in [5.41, 5.74) is 0.639. The Kier molecular flexibility index (Phi) is 6.70. The van der Waals surface area contributed by atoms with Gasteiger partial charge in [0.25, 0.3) is 0 Å². The highest BCUT2D eigenvalue weighted by Gasteiger charge is 2.43. The van der Waals surface area contributed by atoms with Gasteiger partial charge in [0.1, 0.15) is 5.82 Å². The standard InChI is InChI=1S/C22H27FN2O3S/c1-16(2)11-12-24-22(26)21-15-25(29(27,28)19-9-4-3-5-10-19)14-20(21)17-7-6-8-18(23)13-17/h3-10,13,16,20-21H,11-12,14-15H2,1-2H3,(H,24,26)/t20-,21-/m1/s1. The number of carbonyl (C=O) groups is 1. The van der Waals surface area contributed by atoms with Gasteiger partial charge in [0, 0.05) is 25.6 Å². The Morgan fingerprint density at radius 1 is 1.14 bits per heavy atom. The van der Waals surface area contributed by atoms with Gasteiger partial charge in [-0.15, -0.1) is 0 Å². The third-order valence-electron chi connectivity index (χ3n) is 5.30. The molecular weight excluding hydrogens is 391 g/mol. The number of rotatable bonds is 7. The number of nitrogens with one attached hydrogen (secondary N) is 1. The van der Waals surface area contributed by atoms with Crippen molar-refractivity contribution in [2.45, 2.75) is 31.1 Å². The van der Waals surface area contributed by atoms with Crippen LogP contribution in [0.3, 0.4) is 0 Å². The Bertz CT molecular complexity index is 948. The van der Waals surface area contributed by atoms with Crippen LogP contribution < -0.4 is 5.32 Å². The highest BCUT2D eigenvalue weighted by molar-refractivity contribution is 7.89. The predicted octanol–water partition coefficient (Wildman–Crippen LogP) is 3.39. The maximum absolute atomic E-state index is 13.8. The smallest absolute Gasteiger partial charge is 0.243 e. The first kappa shape index (κ1) is 21.5. The monoisotopic (exact) mass is 418 g/mol. The van der Waals surface area contributed by atoms with Crippen LogP contribution in [0.2, 0.25) is 0 Å². The minimum atomic E-state index is -3.73. The first-order valence-corrected chi connectivity index (χ1v) is 11.3. The minimum absolute atomic E-state index is 0.0753. The number of nitrogens with zero attached hydrogens (tertiary/aromatic N) is 1. The average molecular weight is 419 g/mol. The molecule has 0 bridgehead atoms. The lowest BCUT2D eigenvalue weighted by Crippen LogP contribution is -2.36. The van der Waals surface area contributed by atoms with E-state index in [9.17, 15) is 17.6 Å². The topological polar surface area (TPSA) is 66.5 Å². The lowest BCUT2D eigenvalue weighted by Gasteiger charge is -2.18. The fraction of sp³-hybridized carbons (Fsp3) is 0.409. The Balaban J connectivity index is 1.87. The van der Waals surface area contributed by atoms with Crippen molar-refractivity contribution in [2.24, 2.45) is 11.8 Å². The molecule has 1 amide bonds. The van der Waals surface area contributed by atoms with Crippen molar-refractivity contribution >= 4 is 15.9 Å². The molecule has 0 aliphatic carbocycles. The number of carbonyl (C=O) groups excluding carboxylic acids is 1. The lowest BCUT2D eigenvalue weighted by atomic mass is 9.88. The van der Waals surface area contributed by atoms with Crippen molar-refractivity contribution < 1.29 is 17.6 Å². The molecule has 1 fully saturated rings. The van der Waals surface area contributed by atoms with Crippen molar-refractivity contribution in [2.75, 3.05) is 19.6 Å². The van der Waals surface area contributed by atoms with Crippen LogP contribution in [0.15, 0.2) is 59.5 Å².